The molecule has 6 heteroatoms. The number of halogens is 3. The first-order chi connectivity index (χ1) is 8.15. The summed E-state index contributed by atoms with van der Waals surface area (Å²) in [6.07, 6.45) is -0.0967. The highest BCUT2D eigenvalue weighted by molar-refractivity contribution is 6.31. The molecular weight excluding hydrogens is 250 g/mol. The quantitative estimate of drug-likeness (QED) is 0.833. The van der Waals surface area contributed by atoms with Crippen molar-refractivity contribution in [1.82, 2.24) is 9.88 Å². The fourth-order valence-electron chi connectivity index (χ4n) is 1.87. The summed E-state index contributed by atoms with van der Waals surface area (Å²) in [5, 5.41) is 0.444. The molecule has 17 heavy (non-hydrogen) atoms. The van der Waals surface area contributed by atoms with Crippen LogP contribution in [0.4, 0.5) is 8.78 Å². The van der Waals surface area contributed by atoms with Crippen molar-refractivity contribution in [2.24, 2.45) is 0 Å². The molecule has 0 radical (unpaired) electrons. The molecule has 2 rings (SSSR count). The van der Waals surface area contributed by atoms with E-state index in [0.29, 0.717) is 24.0 Å². The number of nitrogens with zero attached hydrogens (tertiary/aromatic N) is 2. The van der Waals surface area contributed by atoms with Gasteiger partial charge in [0.25, 0.3) is 6.43 Å². The second kappa shape index (κ2) is 5.60. The zero-order chi connectivity index (χ0) is 12.3. The van der Waals surface area contributed by atoms with Crippen LogP contribution in [-0.4, -0.2) is 42.0 Å². The molecule has 0 unspecified atom stereocenters. The summed E-state index contributed by atoms with van der Waals surface area (Å²) < 4.78 is 30.0. The lowest BCUT2D eigenvalue weighted by molar-refractivity contribution is 0.0927. The Kier molecular flexibility index (Phi) is 4.12. The lowest BCUT2D eigenvalue weighted by Gasteiger charge is -2.16. The Labute approximate surface area is 103 Å². The van der Waals surface area contributed by atoms with Gasteiger partial charge in [0, 0.05) is 19.3 Å². The van der Waals surface area contributed by atoms with E-state index in [4.69, 9.17) is 16.3 Å². The lowest BCUT2D eigenvalue weighted by atomic mass is 10.3. The van der Waals surface area contributed by atoms with Crippen LogP contribution in [0.5, 0.6) is 5.88 Å². The molecule has 0 bridgehead atoms. The molecule has 1 aromatic heterocycles. The van der Waals surface area contributed by atoms with E-state index in [-0.39, 0.29) is 12.6 Å². The van der Waals surface area contributed by atoms with Crippen molar-refractivity contribution in [2.45, 2.75) is 19.0 Å². The van der Waals surface area contributed by atoms with Gasteiger partial charge in [-0.2, -0.15) is 0 Å². The average Bonchev–Trinajstić information content (AvgIpc) is 2.68. The first-order valence-corrected chi connectivity index (χ1v) is 5.80. The van der Waals surface area contributed by atoms with Crippen LogP contribution < -0.4 is 4.74 Å². The molecule has 0 N–H and O–H groups in total. The molecular formula is C11H13ClF2N2O. The number of alkyl halides is 2. The van der Waals surface area contributed by atoms with Crippen LogP contribution in [0, 0.1) is 0 Å². The maximum Gasteiger partial charge on any atom is 0.251 e. The number of likely N-dealkylation sites (tertiary alicyclic amines) is 1. The Balaban J connectivity index is 1.88. The summed E-state index contributed by atoms with van der Waals surface area (Å²) in [5.41, 5.74) is 0. The predicted molar refractivity (Wildman–Crippen MR) is 60.7 cm³/mol. The summed E-state index contributed by atoms with van der Waals surface area (Å²) in [6.45, 7) is 0.923. The lowest BCUT2D eigenvalue weighted by Crippen LogP contribution is -2.29. The van der Waals surface area contributed by atoms with Crippen molar-refractivity contribution in [3.63, 3.8) is 0 Å². The van der Waals surface area contributed by atoms with Gasteiger partial charge < -0.3 is 4.74 Å². The minimum Gasteiger partial charge on any atom is -0.472 e. The van der Waals surface area contributed by atoms with Crippen molar-refractivity contribution in [2.75, 3.05) is 19.6 Å². The van der Waals surface area contributed by atoms with Gasteiger partial charge >= 0.3 is 0 Å². The highest BCUT2D eigenvalue weighted by Crippen LogP contribution is 2.24. The molecule has 1 aliphatic heterocycles. The van der Waals surface area contributed by atoms with E-state index in [9.17, 15) is 8.78 Å². The molecule has 0 spiro atoms. The zero-order valence-electron chi connectivity index (χ0n) is 9.15. The maximum atomic E-state index is 12.2. The van der Waals surface area contributed by atoms with Gasteiger partial charge in [-0.3, -0.25) is 4.90 Å². The average molecular weight is 263 g/mol. The number of ether oxygens (including phenoxy) is 1. The van der Waals surface area contributed by atoms with Gasteiger partial charge in [-0.1, -0.05) is 11.6 Å². The second-order valence-electron chi connectivity index (χ2n) is 3.97. The molecule has 1 fully saturated rings. The van der Waals surface area contributed by atoms with E-state index in [2.05, 4.69) is 4.98 Å². The molecule has 0 aliphatic carbocycles. The maximum absolute atomic E-state index is 12.2. The molecule has 0 amide bonds. The summed E-state index contributed by atoms with van der Waals surface area (Å²) in [7, 11) is 0. The fourth-order valence-corrected chi connectivity index (χ4v) is 2.04. The Morgan fingerprint density at radius 1 is 1.59 bits per heavy atom. The first kappa shape index (κ1) is 12.5. The molecule has 0 aromatic carbocycles. The Morgan fingerprint density at radius 3 is 3.12 bits per heavy atom. The van der Waals surface area contributed by atoms with Gasteiger partial charge in [-0.05, 0) is 18.6 Å². The van der Waals surface area contributed by atoms with Crippen LogP contribution >= 0.6 is 11.6 Å². The third-order valence-electron chi connectivity index (χ3n) is 2.63. The fraction of sp³-hybridized carbons (Fsp3) is 0.545. The van der Waals surface area contributed by atoms with E-state index in [0.717, 1.165) is 6.42 Å². The van der Waals surface area contributed by atoms with E-state index >= 15 is 0 Å². The summed E-state index contributed by atoms with van der Waals surface area (Å²) in [5.74, 6) is 0.373. The normalized spacial score (nSPS) is 21.1. The van der Waals surface area contributed by atoms with Crippen molar-refractivity contribution in [1.29, 1.82) is 0 Å². The van der Waals surface area contributed by atoms with Crippen LogP contribution in [0.15, 0.2) is 18.3 Å². The predicted octanol–water partition coefficient (Wildman–Crippen LogP) is 2.45. The molecule has 3 nitrogen and oxygen atoms in total. The van der Waals surface area contributed by atoms with Gasteiger partial charge in [0.2, 0.25) is 5.88 Å². The number of pyridine rings is 1. The van der Waals surface area contributed by atoms with E-state index < -0.39 is 6.43 Å². The van der Waals surface area contributed by atoms with Gasteiger partial charge in [0.05, 0.1) is 6.54 Å². The number of hydrogen-bond acceptors (Lipinski definition) is 3. The van der Waals surface area contributed by atoms with Crippen LogP contribution in [0.3, 0.4) is 0 Å². The first-order valence-electron chi connectivity index (χ1n) is 5.43. The van der Waals surface area contributed by atoms with Crippen LogP contribution in [0.1, 0.15) is 6.42 Å². The number of rotatable bonds is 4. The van der Waals surface area contributed by atoms with E-state index in [1.165, 1.54) is 0 Å². The highest BCUT2D eigenvalue weighted by Gasteiger charge is 2.26. The van der Waals surface area contributed by atoms with Gasteiger partial charge in [0.1, 0.15) is 11.1 Å². The van der Waals surface area contributed by atoms with E-state index in [1.54, 1.807) is 23.2 Å². The molecule has 1 saturated heterocycles. The van der Waals surface area contributed by atoms with Crippen molar-refractivity contribution in [3.05, 3.63) is 23.4 Å². The Bertz CT molecular complexity index is 378. The zero-order valence-corrected chi connectivity index (χ0v) is 9.91. The van der Waals surface area contributed by atoms with Crippen LogP contribution in [-0.2, 0) is 0 Å². The van der Waals surface area contributed by atoms with E-state index in [1.807, 2.05) is 0 Å². The second-order valence-corrected chi connectivity index (χ2v) is 4.38. The highest BCUT2D eigenvalue weighted by atomic mass is 35.5. The summed E-state index contributed by atoms with van der Waals surface area (Å²) in [6, 6.07) is 3.41. The molecule has 0 saturated carbocycles. The smallest absolute Gasteiger partial charge is 0.251 e. The minimum atomic E-state index is -2.30. The SMILES string of the molecule is FC(F)CN1CC[C@@H](Oc2ncccc2Cl)C1. The number of aromatic nitrogens is 1. The Morgan fingerprint density at radius 2 is 2.41 bits per heavy atom. The van der Waals surface area contributed by atoms with Gasteiger partial charge in [0.15, 0.2) is 0 Å². The molecule has 1 aromatic rings. The Hall–Kier alpha value is -0.940. The third-order valence-corrected chi connectivity index (χ3v) is 2.92. The molecule has 1 atom stereocenters. The van der Waals surface area contributed by atoms with Crippen molar-refractivity contribution in [3.8, 4) is 5.88 Å². The van der Waals surface area contributed by atoms with Crippen LogP contribution in [0.2, 0.25) is 5.02 Å². The summed E-state index contributed by atoms with van der Waals surface area (Å²) >= 11 is 5.90. The number of hydrogen-bond donors (Lipinski definition) is 0. The van der Waals surface area contributed by atoms with Crippen molar-refractivity contribution < 1.29 is 13.5 Å². The third kappa shape index (κ3) is 3.51. The molecule has 1 aliphatic rings. The van der Waals surface area contributed by atoms with Gasteiger partial charge in [-0.25, -0.2) is 13.8 Å². The molecule has 2 heterocycles. The minimum absolute atomic E-state index is 0.110. The topological polar surface area (TPSA) is 25.4 Å². The monoisotopic (exact) mass is 262 g/mol. The van der Waals surface area contributed by atoms with Crippen molar-refractivity contribution >= 4 is 11.6 Å². The van der Waals surface area contributed by atoms with Gasteiger partial charge in [-0.15, -0.1) is 0 Å². The largest absolute Gasteiger partial charge is 0.472 e. The van der Waals surface area contributed by atoms with Crippen LogP contribution in [0.25, 0.3) is 0 Å². The molecule has 94 valence electrons. The summed E-state index contributed by atoms with van der Waals surface area (Å²) in [4.78, 5) is 5.69. The standard InChI is InChI=1S/C11H13ClF2N2O/c12-9-2-1-4-15-11(9)17-8-3-5-16(6-8)7-10(13)14/h1-2,4,8,10H,3,5-7H2/t8-/m1/s1.